The summed E-state index contributed by atoms with van der Waals surface area (Å²) in [5.41, 5.74) is 2.27. The third-order valence-electron chi connectivity index (χ3n) is 5.04. The van der Waals surface area contributed by atoms with Crippen LogP contribution < -0.4 is 10.6 Å². The number of aryl methyl sites for hydroxylation is 1. The van der Waals surface area contributed by atoms with Crippen LogP contribution in [0.3, 0.4) is 0 Å². The zero-order valence-corrected chi connectivity index (χ0v) is 15.9. The summed E-state index contributed by atoms with van der Waals surface area (Å²) in [5.74, 6) is -0.691. The van der Waals surface area contributed by atoms with Gasteiger partial charge in [-0.3, -0.25) is 9.59 Å². The molecule has 0 aromatic heterocycles. The monoisotopic (exact) mass is 388 g/mol. The number of hydrogen-bond acceptors (Lipinski definition) is 2. The number of anilines is 2. The van der Waals surface area contributed by atoms with Crippen LogP contribution in [0.2, 0.25) is 5.02 Å². The van der Waals surface area contributed by atoms with Gasteiger partial charge in [-0.2, -0.15) is 0 Å². The molecule has 1 aliphatic carbocycles. The van der Waals surface area contributed by atoms with E-state index in [1.165, 1.54) is 12.1 Å². The zero-order valence-electron chi connectivity index (χ0n) is 15.1. The average Bonchev–Trinajstić information content (AvgIpc) is 2.66. The topological polar surface area (TPSA) is 58.2 Å². The van der Waals surface area contributed by atoms with Crippen molar-refractivity contribution >= 4 is 34.8 Å². The van der Waals surface area contributed by atoms with Crippen molar-refractivity contribution in [3.8, 4) is 0 Å². The SMILES string of the molecule is Cc1ccc(Cl)cc1NC(=O)C1CCC(C(=O)Nc2ccc(F)cc2)CC1. The van der Waals surface area contributed by atoms with Gasteiger partial charge in [0.1, 0.15) is 5.82 Å². The summed E-state index contributed by atoms with van der Waals surface area (Å²) in [6.07, 6.45) is 2.62. The maximum Gasteiger partial charge on any atom is 0.227 e. The van der Waals surface area contributed by atoms with Crippen molar-refractivity contribution in [2.45, 2.75) is 32.6 Å². The zero-order chi connectivity index (χ0) is 19.4. The highest BCUT2D eigenvalue weighted by atomic mass is 35.5. The van der Waals surface area contributed by atoms with Crippen LogP contribution in [0.1, 0.15) is 31.2 Å². The summed E-state index contributed by atoms with van der Waals surface area (Å²) in [7, 11) is 0. The number of rotatable bonds is 4. The van der Waals surface area contributed by atoms with E-state index in [4.69, 9.17) is 11.6 Å². The molecule has 2 aromatic rings. The summed E-state index contributed by atoms with van der Waals surface area (Å²) in [6, 6.07) is 11.1. The van der Waals surface area contributed by atoms with E-state index in [9.17, 15) is 14.0 Å². The van der Waals surface area contributed by atoms with Gasteiger partial charge < -0.3 is 10.6 Å². The van der Waals surface area contributed by atoms with E-state index in [-0.39, 0.29) is 29.5 Å². The van der Waals surface area contributed by atoms with Crippen molar-refractivity contribution in [2.75, 3.05) is 10.6 Å². The highest BCUT2D eigenvalue weighted by Gasteiger charge is 2.30. The minimum Gasteiger partial charge on any atom is -0.326 e. The smallest absolute Gasteiger partial charge is 0.227 e. The van der Waals surface area contributed by atoms with Crippen LogP contribution in [0.4, 0.5) is 15.8 Å². The molecule has 0 radical (unpaired) electrons. The normalized spacial score (nSPS) is 19.4. The molecular weight excluding hydrogens is 367 g/mol. The quantitative estimate of drug-likeness (QED) is 0.758. The molecule has 0 bridgehead atoms. The number of amides is 2. The molecule has 27 heavy (non-hydrogen) atoms. The third kappa shape index (κ3) is 5.07. The summed E-state index contributed by atoms with van der Waals surface area (Å²) in [6.45, 7) is 1.92. The van der Waals surface area contributed by atoms with Gasteiger partial charge in [-0.25, -0.2) is 4.39 Å². The summed E-state index contributed by atoms with van der Waals surface area (Å²) in [5, 5.41) is 6.35. The van der Waals surface area contributed by atoms with E-state index in [1.807, 2.05) is 13.0 Å². The first-order chi connectivity index (χ1) is 12.9. The van der Waals surface area contributed by atoms with Crippen molar-refractivity contribution in [1.29, 1.82) is 0 Å². The fourth-order valence-electron chi connectivity index (χ4n) is 3.36. The Balaban J connectivity index is 1.52. The molecule has 2 aromatic carbocycles. The second kappa shape index (κ2) is 8.53. The Morgan fingerprint density at radius 3 is 2.07 bits per heavy atom. The van der Waals surface area contributed by atoms with Gasteiger partial charge in [0.05, 0.1) is 0 Å². The summed E-state index contributed by atoms with van der Waals surface area (Å²) >= 11 is 6.00. The van der Waals surface area contributed by atoms with E-state index in [1.54, 1.807) is 24.3 Å². The number of carbonyl (C=O) groups excluding carboxylic acids is 2. The molecule has 1 fully saturated rings. The van der Waals surface area contributed by atoms with Crippen molar-refractivity contribution < 1.29 is 14.0 Å². The Hall–Kier alpha value is -2.40. The molecule has 1 aliphatic rings. The van der Waals surface area contributed by atoms with E-state index in [0.29, 0.717) is 36.4 Å². The first-order valence-corrected chi connectivity index (χ1v) is 9.43. The highest BCUT2D eigenvalue weighted by Crippen LogP contribution is 2.31. The molecule has 0 saturated heterocycles. The molecule has 2 N–H and O–H groups in total. The lowest BCUT2D eigenvalue weighted by Crippen LogP contribution is -2.32. The van der Waals surface area contributed by atoms with Gasteiger partial charge in [0.2, 0.25) is 11.8 Å². The largest absolute Gasteiger partial charge is 0.326 e. The lowest BCUT2D eigenvalue weighted by molar-refractivity contribution is -0.125. The molecule has 1 saturated carbocycles. The Morgan fingerprint density at radius 2 is 1.48 bits per heavy atom. The maximum absolute atomic E-state index is 12.9. The van der Waals surface area contributed by atoms with Crippen LogP contribution in [0.5, 0.6) is 0 Å². The number of benzene rings is 2. The molecule has 0 spiro atoms. The minimum atomic E-state index is -0.338. The van der Waals surface area contributed by atoms with E-state index >= 15 is 0 Å². The van der Waals surface area contributed by atoms with Crippen molar-refractivity contribution in [3.05, 3.63) is 58.9 Å². The molecule has 0 aliphatic heterocycles. The Labute approximate surface area is 163 Å². The van der Waals surface area contributed by atoms with Gasteiger partial charge in [-0.1, -0.05) is 17.7 Å². The van der Waals surface area contributed by atoms with Gasteiger partial charge in [-0.15, -0.1) is 0 Å². The number of halogens is 2. The molecule has 142 valence electrons. The van der Waals surface area contributed by atoms with Crippen LogP contribution in [0.15, 0.2) is 42.5 Å². The van der Waals surface area contributed by atoms with Gasteiger partial charge >= 0.3 is 0 Å². The lowest BCUT2D eigenvalue weighted by atomic mass is 9.81. The molecule has 0 unspecified atom stereocenters. The van der Waals surface area contributed by atoms with E-state index in [2.05, 4.69) is 10.6 Å². The summed E-state index contributed by atoms with van der Waals surface area (Å²) in [4.78, 5) is 24.9. The molecule has 2 amide bonds. The maximum atomic E-state index is 12.9. The molecular formula is C21H22ClFN2O2. The molecule has 6 heteroatoms. The van der Waals surface area contributed by atoms with E-state index < -0.39 is 0 Å². The third-order valence-corrected chi connectivity index (χ3v) is 5.27. The van der Waals surface area contributed by atoms with Crippen LogP contribution in [0, 0.1) is 24.6 Å². The Morgan fingerprint density at radius 1 is 0.926 bits per heavy atom. The highest BCUT2D eigenvalue weighted by molar-refractivity contribution is 6.31. The van der Waals surface area contributed by atoms with Gasteiger partial charge in [0.25, 0.3) is 0 Å². The predicted molar refractivity (Wildman–Crippen MR) is 105 cm³/mol. The van der Waals surface area contributed by atoms with Crippen LogP contribution >= 0.6 is 11.6 Å². The van der Waals surface area contributed by atoms with Crippen LogP contribution in [-0.4, -0.2) is 11.8 Å². The second-order valence-electron chi connectivity index (χ2n) is 6.99. The first kappa shape index (κ1) is 19.4. The van der Waals surface area contributed by atoms with Gasteiger partial charge in [0, 0.05) is 28.2 Å². The average molecular weight is 389 g/mol. The minimum absolute atomic E-state index is 0.0299. The standard InChI is InChI=1S/C21H22ClFN2O2/c1-13-2-7-16(22)12-19(13)25-21(27)15-5-3-14(4-6-15)20(26)24-18-10-8-17(23)9-11-18/h2,7-12,14-15H,3-6H2,1H3,(H,24,26)(H,25,27). The van der Waals surface area contributed by atoms with Gasteiger partial charge in [0.15, 0.2) is 0 Å². The first-order valence-electron chi connectivity index (χ1n) is 9.06. The second-order valence-corrected chi connectivity index (χ2v) is 7.43. The fourth-order valence-corrected chi connectivity index (χ4v) is 3.53. The van der Waals surface area contributed by atoms with E-state index in [0.717, 1.165) is 11.3 Å². The molecule has 0 atom stereocenters. The Kier molecular flexibility index (Phi) is 6.11. The number of hydrogen-bond donors (Lipinski definition) is 2. The Bertz CT molecular complexity index is 831. The fraction of sp³-hybridized carbons (Fsp3) is 0.333. The molecule has 0 heterocycles. The summed E-state index contributed by atoms with van der Waals surface area (Å²) < 4.78 is 12.9. The number of carbonyl (C=O) groups is 2. The lowest BCUT2D eigenvalue weighted by Gasteiger charge is -2.27. The molecule has 3 rings (SSSR count). The van der Waals surface area contributed by atoms with Crippen molar-refractivity contribution in [1.82, 2.24) is 0 Å². The van der Waals surface area contributed by atoms with Gasteiger partial charge in [-0.05, 0) is 74.6 Å². The predicted octanol–water partition coefficient (Wildman–Crippen LogP) is 5.17. The molecule has 4 nitrogen and oxygen atoms in total. The van der Waals surface area contributed by atoms with Crippen molar-refractivity contribution in [3.63, 3.8) is 0 Å². The van der Waals surface area contributed by atoms with Crippen LogP contribution in [0.25, 0.3) is 0 Å². The van der Waals surface area contributed by atoms with Crippen LogP contribution in [-0.2, 0) is 9.59 Å². The number of nitrogens with one attached hydrogen (secondary N) is 2. The van der Waals surface area contributed by atoms with Crippen molar-refractivity contribution in [2.24, 2.45) is 11.8 Å².